The van der Waals surface area contributed by atoms with E-state index in [0.717, 1.165) is 49.0 Å². The average molecular weight is 748 g/mol. The third kappa shape index (κ3) is 5.82. The molecule has 0 atom stereocenters. The monoisotopic (exact) mass is 747 g/mol. The van der Waals surface area contributed by atoms with Gasteiger partial charge in [-0.05, 0) is 97.5 Å². The number of hydrogen-bond acceptors (Lipinski definition) is 2. The zero-order valence-corrected chi connectivity index (χ0v) is 31.1. The summed E-state index contributed by atoms with van der Waals surface area (Å²) in [7, 11) is 0. The fraction of sp³-hybridized carbons (Fsp3) is 0. The lowest BCUT2D eigenvalue weighted by Crippen LogP contribution is -2.11. The summed E-state index contributed by atoms with van der Waals surface area (Å²) in [6, 6.07) is 52.5. The van der Waals surface area contributed by atoms with E-state index in [-0.39, 0.29) is 46.7 Å². The van der Waals surface area contributed by atoms with E-state index in [0.29, 0.717) is 33.5 Å². The zero-order valence-electron chi connectivity index (χ0n) is 39.1. The number of anilines is 3. The molecule has 0 aliphatic heterocycles. The zero-order chi connectivity index (χ0) is 45.4. The molecular weight excluding hydrogens is 703 g/mol. The van der Waals surface area contributed by atoms with Gasteiger partial charge in [0.25, 0.3) is 0 Å². The molecule has 11 rings (SSSR count). The summed E-state index contributed by atoms with van der Waals surface area (Å²) in [6.45, 7) is 0. The van der Waals surface area contributed by atoms with Crippen molar-refractivity contribution in [1.82, 2.24) is 0 Å². The van der Waals surface area contributed by atoms with E-state index in [4.69, 9.17) is 4.42 Å². The molecule has 2 nitrogen and oxygen atoms in total. The molecule has 2 heteroatoms. The fourth-order valence-corrected chi connectivity index (χ4v) is 8.05. The van der Waals surface area contributed by atoms with Crippen LogP contribution < -0.4 is 4.90 Å². The van der Waals surface area contributed by atoms with Crippen molar-refractivity contribution in [2.24, 2.45) is 0 Å². The summed E-state index contributed by atoms with van der Waals surface area (Å²) in [5.41, 5.74) is 5.66. The molecule has 0 fully saturated rings. The van der Waals surface area contributed by atoms with E-state index >= 15 is 0 Å². The Labute approximate surface area is 348 Å². The highest BCUT2D eigenvalue weighted by Gasteiger charge is 2.21. The first kappa shape index (κ1) is 26.2. The maximum Gasteiger partial charge on any atom is 0.143 e. The quantitative estimate of drug-likeness (QED) is 0.161. The molecule has 0 amide bonds. The van der Waals surface area contributed by atoms with Gasteiger partial charge in [-0.25, -0.2) is 0 Å². The number of fused-ring (bicyclic) bond motifs is 6. The van der Waals surface area contributed by atoms with Gasteiger partial charge in [0.1, 0.15) is 11.2 Å². The van der Waals surface area contributed by atoms with Gasteiger partial charge in [-0.1, -0.05) is 182 Å². The van der Waals surface area contributed by atoms with Gasteiger partial charge in [-0.2, -0.15) is 0 Å². The van der Waals surface area contributed by atoms with Crippen LogP contribution in [0.4, 0.5) is 17.1 Å². The van der Waals surface area contributed by atoms with Gasteiger partial charge in [0.05, 0.1) is 16.7 Å². The Balaban J connectivity index is 1.16. The van der Waals surface area contributed by atoms with Crippen molar-refractivity contribution in [2.75, 3.05) is 4.90 Å². The van der Waals surface area contributed by atoms with Crippen LogP contribution in [0.3, 0.4) is 0 Å². The Morgan fingerprint density at radius 1 is 0.345 bits per heavy atom. The number of benzene rings is 10. The molecule has 1 aromatic heterocycles. The number of furan rings is 1. The summed E-state index contributed by atoms with van der Waals surface area (Å²) in [5.74, 6) is 0. The molecule has 0 unspecified atom stereocenters. The molecule has 0 radical (unpaired) electrons. The van der Waals surface area contributed by atoms with Crippen LogP contribution >= 0.6 is 0 Å². The summed E-state index contributed by atoms with van der Waals surface area (Å²) in [5, 5.41) is 5.72. The van der Waals surface area contributed by atoms with Gasteiger partial charge in [-0.15, -0.1) is 0 Å². The van der Waals surface area contributed by atoms with Gasteiger partial charge in [0.2, 0.25) is 0 Å². The van der Waals surface area contributed by atoms with Gasteiger partial charge >= 0.3 is 0 Å². The lowest BCUT2D eigenvalue weighted by molar-refractivity contribution is 0.673. The van der Waals surface area contributed by atoms with Crippen molar-refractivity contribution in [3.05, 3.63) is 224 Å². The number of nitrogens with zero attached hydrogens (tertiary/aromatic N) is 1. The van der Waals surface area contributed by atoms with E-state index in [1.807, 2.05) is 109 Å². The number of rotatable bonds is 7. The maximum atomic E-state index is 9.76. The van der Waals surface area contributed by atoms with E-state index in [1.54, 1.807) is 48.5 Å². The maximum absolute atomic E-state index is 9.76. The standard InChI is InChI=1S/C56H37NO/c1-2-12-38(13-3-1)40-28-33-45(34-29-40)57(46-35-30-41(31-36-46)39-24-26-43(27-25-39)48-20-10-15-42-14-4-5-17-47(42)48)53-22-8-6-18-49(53)51-21-11-16-44-32-37-52-50-19-7-9-23-54(50)58-56(52)55(44)51/h1-37H/i28D,29D,30D,31D,33D,34D,35D,36D. The fourth-order valence-electron chi connectivity index (χ4n) is 8.05. The minimum absolute atomic E-state index is 0.0896. The second kappa shape index (κ2) is 14.1. The predicted molar refractivity (Wildman–Crippen MR) is 245 cm³/mol. The molecule has 0 saturated heterocycles. The van der Waals surface area contributed by atoms with Crippen molar-refractivity contribution >= 4 is 60.5 Å². The molecule has 0 aliphatic carbocycles. The number of para-hydroxylation sites is 2. The van der Waals surface area contributed by atoms with Crippen molar-refractivity contribution in [3.8, 4) is 44.5 Å². The lowest BCUT2D eigenvalue weighted by atomic mass is 9.94. The van der Waals surface area contributed by atoms with Gasteiger partial charge < -0.3 is 9.32 Å². The molecule has 10 aromatic carbocycles. The Morgan fingerprint density at radius 3 is 1.66 bits per heavy atom. The topological polar surface area (TPSA) is 16.4 Å². The predicted octanol–water partition coefficient (Wildman–Crippen LogP) is 16.0. The Kier molecular flexibility index (Phi) is 6.38. The molecule has 0 saturated carbocycles. The Morgan fingerprint density at radius 2 is 0.897 bits per heavy atom. The second-order valence-electron chi connectivity index (χ2n) is 14.2. The number of hydrogen-bond donors (Lipinski definition) is 0. The first-order chi connectivity index (χ1) is 32.1. The molecule has 1 heterocycles. The minimum Gasteiger partial charge on any atom is -0.455 e. The average Bonchev–Trinajstić information content (AvgIpc) is 3.74. The lowest BCUT2D eigenvalue weighted by Gasteiger charge is -2.28. The molecule has 272 valence electrons. The van der Waals surface area contributed by atoms with Crippen molar-refractivity contribution in [3.63, 3.8) is 0 Å². The van der Waals surface area contributed by atoms with Gasteiger partial charge in [-0.3, -0.25) is 0 Å². The van der Waals surface area contributed by atoms with E-state index in [9.17, 15) is 11.0 Å². The molecule has 0 bridgehead atoms. The SMILES string of the molecule is [2H]c1c([2H])c(N(c2ccccc2-c2cccc3ccc4c5ccccc5oc4c23)c2c([2H])c([2H])c(-c3ccc(-c4cccc5ccccc45)cc3)c([2H])c2[2H])c([2H])c([2H])c1-c1ccccc1. The van der Waals surface area contributed by atoms with E-state index in [1.165, 1.54) is 4.90 Å². The summed E-state index contributed by atoms with van der Waals surface area (Å²) in [4.78, 5) is 1.39. The summed E-state index contributed by atoms with van der Waals surface area (Å²) >= 11 is 0. The normalized spacial score (nSPS) is 13.4. The van der Waals surface area contributed by atoms with Crippen LogP contribution in [0, 0.1) is 0 Å². The van der Waals surface area contributed by atoms with Crippen LogP contribution in [0.2, 0.25) is 0 Å². The first-order valence-corrected chi connectivity index (χ1v) is 19.2. The van der Waals surface area contributed by atoms with E-state index in [2.05, 4.69) is 18.2 Å². The minimum atomic E-state index is -0.416. The largest absolute Gasteiger partial charge is 0.455 e. The highest BCUT2D eigenvalue weighted by Crippen LogP contribution is 2.46. The molecule has 0 aliphatic rings. The first-order valence-electron chi connectivity index (χ1n) is 23.2. The van der Waals surface area contributed by atoms with Crippen molar-refractivity contribution < 1.29 is 15.4 Å². The molecule has 11 aromatic rings. The Bertz CT molecular complexity index is 3690. The van der Waals surface area contributed by atoms with Crippen LogP contribution in [-0.2, 0) is 0 Å². The smallest absolute Gasteiger partial charge is 0.143 e. The van der Waals surface area contributed by atoms with Gasteiger partial charge in [0.15, 0.2) is 0 Å². The third-order valence-electron chi connectivity index (χ3n) is 10.8. The third-order valence-corrected chi connectivity index (χ3v) is 10.8. The second-order valence-corrected chi connectivity index (χ2v) is 14.2. The molecule has 0 spiro atoms. The van der Waals surface area contributed by atoms with E-state index < -0.39 is 24.2 Å². The molecule has 58 heavy (non-hydrogen) atoms. The van der Waals surface area contributed by atoms with Crippen LogP contribution in [0.25, 0.3) is 88.0 Å². The van der Waals surface area contributed by atoms with Crippen LogP contribution in [0.5, 0.6) is 0 Å². The van der Waals surface area contributed by atoms with Crippen molar-refractivity contribution in [1.29, 1.82) is 0 Å². The van der Waals surface area contributed by atoms with Crippen LogP contribution in [0.1, 0.15) is 11.0 Å². The highest BCUT2D eigenvalue weighted by molar-refractivity contribution is 6.19. The highest BCUT2D eigenvalue weighted by atomic mass is 16.3. The summed E-state index contributed by atoms with van der Waals surface area (Å²) < 4.78 is 83.2. The van der Waals surface area contributed by atoms with Gasteiger partial charge in [0, 0.05) is 33.1 Å². The summed E-state index contributed by atoms with van der Waals surface area (Å²) in [6.07, 6.45) is 0. The van der Waals surface area contributed by atoms with Crippen molar-refractivity contribution in [2.45, 2.75) is 0 Å². The van der Waals surface area contributed by atoms with Crippen LogP contribution in [0.15, 0.2) is 229 Å². The Hall–Kier alpha value is -7.68. The molecule has 0 N–H and O–H groups in total. The van der Waals surface area contributed by atoms with Crippen LogP contribution in [-0.4, -0.2) is 0 Å². The molecular formula is C56H37NO.